The van der Waals surface area contributed by atoms with E-state index in [0.29, 0.717) is 6.61 Å². The maximum atomic E-state index is 6.17. The molecule has 1 aliphatic heterocycles. The van der Waals surface area contributed by atoms with Gasteiger partial charge in [-0.2, -0.15) is 0 Å². The van der Waals surface area contributed by atoms with Crippen LogP contribution in [0, 0.1) is 6.92 Å². The Balaban J connectivity index is 1.60. The summed E-state index contributed by atoms with van der Waals surface area (Å²) in [5.74, 6) is 0.808. The molecular weight excluding hydrogens is 358 g/mol. The summed E-state index contributed by atoms with van der Waals surface area (Å²) < 4.78 is 6.17. The van der Waals surface area contributed by atoms with Crippen molar-refractivity contribution >= 4 is 17.8 Å². The van der Waals surface area contributed by atoms with E-state index in [0.717, 1.165) is 49.7 Å². The molecule has 0 saturated heterocycles. The quantitative estimate of drug-likeness (QED) is 0.562. The third kappa shape index (κ3) is 3.65. The molecule has 1 aliphatic rings. The molecule has 142 valence electrons. The van der Waals surface area contributed by atoms with Crippen molar-refractivity contribution in [2.45, 2.75) is 13.5 Å². The molecule has 5 rings (SSSR count). The summed E-state index contributed by atoms with van der Waals surface area (Å²) in [6, 6.07) is 24.5. The Bertz CT molecular complexity index is 1370. The minimum Gasteiger partial charge on any atom is -0.487 e. The van der Waals surface area contributed by atoms with Crippen LogP contribution in [0.2, 0.25) is 0 Å². The fraction of sp³-hybridized carbons (Fsp3) is 0.0800. The molecular formula is C25H21N3O. The molecule has 0 amide bonds. The number of H-pyrrole nitrogens is 2. The van der Waals surface area contributed by atoms with Crippen LogP contribution in [-0.2, 0) is 6.61 Å². The van der Waals surface area contributed by atoms with Crippen LogP contribution in [0.4, 0.5) is 0 Å². The second-order valence-electron chi connectivity index (χ2n) is 7.18. The molecule has 0 radical (unpaired) electrons. The molecule has 4 heteroatoms. The maximum Gasteiger partial charge on any atom is 0.145 e. The summed E-state index contributed by atoms with van der Waals surface area (Å²) in [4.78, 5) is 11.6. The Kier molecular flexibility index (Phi) is 4.37. The van der Waals surface area contributed by atoms with Gasteiger partial charge in [-0.15, -0.1) is 0 Å². The predicted molar refractivity (Wildman–Crippen MR) is 115 cm³/mol. The molecule has 0 spiro atoms. The van der Waals surface area contributed by atoms with Crippen molar-refractivity contribution in [3.63, 3.8) is 0 Å². The van der Waals surface area contributed by atoms with Gasteiger partial charge in [-0.3, -0.25) is 0 Å². The summed E-state index contributed by atoms with van der Waals surface area (Å²) in [5, 5.41) is 3.99. The van der Waals surface area contributed by atoms with Gasteiger partial charge in [0.1, 0.15) is 12.4 Å². The smallest absolute Gasteiger partial charge is 0.145 e. The molecule has 0 fully saturated rings. The highest BCUT2D eigenvalue weighted by molar-refractivity contribution is 5.76. The van der Waals surface area contributed by atoms with Gasteiger partial charge in [0.25, 0.3) is 0 Å². The number of rotatable bonds is 4. The van der Waals surface area contributed by atoms with Crippen LogP contribution in [0.15, 0.2) is 77.8 Å². The van der Waals surface area contributed by atoms with Crippen LogP contribution in [0.5, 0.6) is 5.75 Å². The number of nitrogens with one attached hydrogen (secondary N) is 2. The van der Waals surface area contributed by atoms with E-state index in [4.69, 9.17) is 9.73 Å². The number of fused-ring (bicyclic) bond motifs is 1. The summed E-state index contributed by atoms with van der Waals surface area (Å²) in [6.07, 6.45) is 4.17. The third-order valence-corrected chi connectivity index (χ3v) is 4.95. The van der Waals surface area contributed by atoms with Crippen molar-refractivity contribution in [2.24, 2.45) is 4.99 Å². The fourth-order valence-electron chi connectivity index (χ4n) is 3.48. The number of aromatic nitrogens is 2. The number of hydrogen-bond acceptors (Lipinski definition) is 2. The molecule has 2 N–H and O–H groups in total. The highest BCUT2D eigenvalue weighted by Crippen LogP contribution is 2.09. The molecule has 2 aromatic heterocycles. The van der Waals surface area contributed by atoms with Gasteiger partial charge in [-0.05, 0) is 42.8 Å². The van der Waals surface area contributed by atoms with Crippen LogP contribution in [0.25, 0.3) is 17.8 Å². The summed E-state index contributed by atoms with van der Waals surface area (Å²) in [5.41, 5.74) is 4.20. The molecule has 4 aromatic rings. The highest BCUT2D eigenvalue weighted by atomic mass is 16.5. The van der Waals surface area contributed by atoms with Crippen LogP contribution in [0.3, 0.4) is 0 Å². The number of ether oxygens (including phenoxy) is 1. The lowest BCUT2D eigenvalue weighted by Gasteiger charge is -2.03. The van der Waals surface area contributed by atoms with Crippen molar-refractivity contribution in [1.29, 1.82) is 0 Å². The van der Waals surface area contributed by atoms with Gasteiger partial charge in [0.15, 0.2) is 0 Å². The minimum atomic E-state index is 0.513. The van der Waals surface area contributed by atoms with E-state index < -0.39 is 0 Å². The lowest BCUT2D eigenvalue weighted by molar-refractivity contribution is 0.304. The van der Waals surface area contributed by atoms with E-state index in [1.165, 1.54) is 0 Å². The van der Waals surface area contributed by atoms with Crippen LogP contribution < -0.4 is 26.0 Å². The molecule has 4 nitrogen and oxygen atoms in total. The number of para-hydroxylation sites is 1. The van der Waals surface area contributed by atoms with E-state index in [9.17, 15) is 0 Å². The lowest BCUT2D eigenvalue weighted by atomic mass is 10.2. The second-order valence-corrected chi connectivity index (χ2v) is 7.18. The van der Waals surface area contributed by atoms with Crippen LogP contribution >= 0.6 is 0 Å². The largest absolute Gasteiger partial charge is 0.487 e. The molecule has 2 aromatic carbocycles. The summed E-state index contributed by atoms with van der Waals surface area (Å²) in [6.45, 7) is 2.56. The molecule has 0 saturated carbocycles. The standard InChI is InChI=1S/C25H21N3O/c1-17-11-12-20(26-17)14-24-25(29-16-18-7-3-2-4-8-18)15-23(28-24)22-13-19-9-5-6-10-21(19)27-22/h2-15,26,28H,16H2,1H3. The summed E-state index contributed by atoms with van der Waals surface area (Å²) >= 11 is 0. The first-order chi connectivity index (χ1) is 14.2. The van der Waals surface area contributed by atoms with E-state index in [-0.39, 0.29) is 0 Å². The van der Waals surface area contributed by atoms with Gasteiger partial charge in [0.05, 0.1) is 21.8 Å². The number of nitrogens with zero attached hydrogens (tertiary/aromatic N) is 1. The average molecular weight is 379 g/mol. The molecule has 0 aliphatic carbocycles. The molecule has 3 heterocycles. The normalized spacial score (nSPS) is 15.0. The number of benzene rings is 2. The zero-order valence-corrected chi connectivity index (χ0v) is 16.1. The number of hydrogen-bond donors (Lipinski definition) is 2. The van der Waals surface area contributed by atoms with Crippen molar-refractivity contribution in [3.8, 4) is 5.75 Å². The fourth-order valence-corrected chi connectivity index (χ4v) is 3.48. The zero-order valence-electron chi connectivity index (χ0n) is 16.1. The Morgan fingerprint density at radius 2 is 1.76 bits per heavy atom. The molecule has 29 heavy (non-hydrogen) atoms. The number of aromatic amines is 2. The van der Waals surface area contributed by atoms with Gasteiger partial charge in [-0.25, -0.2) is 4.99 Å². The third-order valence-electron chi connectivity index (χ3n) is 4.95. The SMILES string of the molecule is Cc1ccc(C=c2[nH]c(=C3C=c4ccccc4=N3)cc2OCc2ccccc2)[nH]1. The van der Waals surface area contributed by atoms with Gasteiger partial charge >= 0.3 is 0 Å². The Hall–Kier alpha value is -3.79. The molecule has 0 bridgehead atoms. The molecule has 0 unspecified atom stereocenters. The average Bonchev–Trinajstić information content (AvgIpc) is 3.45. The number of aryl methyl sites for hydroxylation is 1. The molecule has 0 atom stereocenters. The Morgan fingerprint density at radius 1 is 0.931 bits per heavy atom. The van der Waals surface area contributed by atoms with Crippen molar-refractivity contribution in [3.05, 3.63) is 111 Å². The highest BCUT2D eigenvalue weighted by Gasteiger charge is 2.07. The van der Waals surface area contributed by atoms with Gasteiger partial charge < -0.3 is 14.7 Å². The van der Waals surface area contributed by atoms with Crippen molar-refractivity contribution < 1.29 is 4.74 Å². The Morgan fingerprint density at radius 3 is 2.55 bits per heavy atom. The zero-order chi connectivity index (χ0) is 19.6. The summed E-state index contributed by atoms with van der Waals surface area (Å²) in [7, 11) is 0. The van der Waals surface area contributed by atoms with Crippen LogP contribution in [0.1, 0.15) is 17.0 Å². The second kappa shape index (κ2) is 7.32. The van der Waals surface area contributed by atoms with Gasteiger partial charge in [0, 0.05) is 22.7 Å². The van der Waals surface area contributed by atoms with Crippen LogP contribution in [-0.4, -0.2) is 9.97 Å². The minimum absolute atomic E-state index is 0.513. The van der Waals surface area contributed by atoms with E-state index in [1.54, 1.807) is 0 Å². The van der Waals surface area contributed by atoms with E-state index >= 15 is 0 Å². The van der Waals surface area contributed by atoms with Gasteiger partial charge in [-0.1, -0.05) is 48.5 Å². The monoisotopic (exact) mass is 379 g/mol. The predicted octanol–water partition coefficient (Wildman–Crippen LogP) is 2.28. The van der Waals surface area contributed by atoms with E-state index in [2.05, 4.69) is 52.5 Å². The topological polar surface area (TPSA) is 53.2 Å². The van der Waals surface area contributed by atoms with Crippen molar-refractivity contribution in [1.82, 2.24) is 9.97 Å². The van der Waals surface area contributed by atoms with Gasteiger partial charge in [0.2, 0.25) is 0 Å². The van der Waals surface area contributed by atoms with Crippen molar-refractivity contribution in [2.75, 3.05) is 0 Å². The first-order valence-corrected chi connectivity index (χ1v) is 9.67. The first-order valence-electron chi connectivity index (χ1n) is 9.67. The lowest BCUT2D eigenvalue weighted by Crippen LogP contribution is -2.19. The van der Waals surface area contributed by atoms with E-state index in [1.807, 2.05) is 49.4 Å². The maximum absolute atomic E-state index is 6.17. The Labute approximate surface area is 168 Å². The first kappa shape index (κ1) is 17.3.